The number of aliphatic hydroxyl groups is 1. The lowest BCUT2D eigenvalue weighted by Crippen LogP contribution is -2.11. The standard InChI is InChI=1S/C17H17NO/c18-17(7-8-19)15-6-5-14-9-12-3-1-2-4-13(12)10-16(14)11-15/h1-6,9-11,17,19H,7-8,18H2. The molecule has 3 N–H and O–H groups in total. The van der Waals surface area contributed by atoms with Gasteiger partial charge in [0.15, 0.2) is 0 Å². The molecule has 1 atom stereocenters. The molecule has 3 rings (SSSR count). The Hall–Kier alpha value is -1.90. The van der Waals surface area contributed by atoms with E-state index in [1.165, 1.54) is 21.5 Å². The van der Waals surface area contributed by atoms with Crippen LogP contribution >= 0.6 is 0 Å². The molecule has 3 aromatic carbocycles. The van der Waals surface area contributed by atoms with Crippen molar-refractivity contribution >= 4 is 21.5 Å². The zero-order valence-corrected chi connectivity index (χ0v) is 10.7. The van der Waals surface area contributed by atoms with Gasteiger partial charge in [-0.25, -0.2) is 0 Å². The van der Waals surface area contributed by atoms with E-state index >= 15 is 0 Å². The van der Waals surface area contributed by atoms with Crippen molar-refractivity contribution in [2.75, 3.05) is 6.61 Å². The average Bonchev–Trinajstić information content (AvgIpc) is 2.44. The predicted molar refractivity (Wildman–Crippen MR) is 80.1 cm³/mol. The molecular weight excluding hydrogens is 234 g/mol. The summed E-state index contributed by atoms with van der Waals surface area (Å²) < 4.78 is 0. The molecule has 3 aromatic rings. The average molecular weight is 251 g/mol. The maximum absolute atomic E-state index is 8.97. The van der Waals surface area contributed by atoms with Crippen LogP contribution in [0.25, 0.3) is 21.5 Å². The second-order valence-electron chi connectivity index (χ2n) is 4.92. The van der Waals surface area contributed by atoms with Gasteiger partial charge >= 0.3 is 0 Å². The van der Waals surface area contributed by atoms with Crippen LogP contribution in [-0.2, 0) is 0 Å². The SMILES string of the molecule is NC(CCO)c1ccc2cc3ccccc3cc2c1. The Morgan fingerprint density at radius 2 is 1.47 bits per heavy atom. The van der Waals surface area contributed by atoms with Gasteiger partial charge in [-0.2, -0.15) is 0 Å². The lowest BCUT2D eigenvalue weighted by atomic mass is 9.98. The first-order chi connectivity index (χ1) is 9.28. The fourth-order valence-corrected chi connectivity index (χ4v) is 2.49. The quantitative estimate of drug-likeness (QED) is 0.701. The van der Waals surface area contributed by atoms with Crippen LogP contribution in [0.4, 0.5) is 0 Å². The lowest BCUT2D eigenvalue weighted by molar-refractivity contribution is 0.276. The molecule has 2 heteroatoms. The van der Waals surface area contributed by atoms with Crippen LogP contribution in [-0.4, -0.2) is 11.7 Å². The van der Waals surface area contributed by atoms with E-state index < -0.39 is 0 Å². The van der Waals surface area contributed by atoms with E-state index in [9.17, 15) is 0 Å². The van der Waals surface area contributed by atoms with Gasteiger partial charge in [-0.05, 0) is 51.7 Å². The van der Waals surface area contributed by atoms with Crippen molar-refractivity contribution in [2.24, 2.45) is 5.73 Å². The van der Waals surface area contributed by atoms with Crippen LogP contribution in [0.2, 0.25) is 0 Å². The molecule has 0 bridgehead atoms. The molecule has 0 spiro atoms. The van der Waals surface area contributed by atoms with Crippen molar-refractivity contribution in [3.8, 4) is 0 Å². The number of benzene rings is 3. The molecule has 19 heavy (non-hydrogen) atoms. The molecule has 0 aliphatic rings. The third-order valence-electron chi connectivity index (χ3n) is 3.60. The molecule has 0 saturated heterocycles. The van der Waals surface area contributed by atoms with E-state index in [1.807, 2.05) is 0 Å². The van der Waals surface area contributed by atoms with Gasteiger partial charge in [0.25, 0.3) is 0 Å². The highest BCUT2D eigenvalue weighted by Crippen LogP contribution is 2.25. The van der Waals surface area contributed by atoms with Crippen LogP contribution in [0, 0.1) is 0 Å². The molecule has 0 heterocycles. The van der Waals surface area contributed by atoms with Gasteiger partial charge in [0, 0.05) is 12.6 Å². The maximum Gasteiger partial charge on any atom is 0.0449 e. The van der Waals surface area contributed by atoms with Gasteiger partial charge in [0.2, 0.25) is 0 Å². The van der Waals surface area contributed by atoms with Crippen LogP contribution < -0.4 is 5.73 Å². The van der Waals surface area contributed by atoms with Crippen molar-refractivity contribution < 1.29 is 5.11 Å². The topological polar surface area (TPSA) is 46.2 Å². The Bertz CT molecular complexity index is 721. The summed E-state index contributed by atoms with van der Waals surface area (Å²) in [7, 11) is 0. The highest BCUT2D eigenvalue weighted by atomic mass is 16.3. The van der Waals surface area contributed by atoms with Crippen molar-refractivity contribution in [1.29, 1.82) is 0 Å². The van der Waals surface area contributed by atoms with Crippen LogP contribution in [0.5, 0.6) is 0 Å². The fourth-order valence-electron chi connectivity index (χ4n) is 2.49. The van der Waals surface area contributed by atoms with Gasteiger partial charge in [-0.1, -0.05) is 36.4 Å². The minimum Gasteiger partial charge on any atom is -0.396 e. The smallest absolute Gasteiger partial charge is 0.0449 e. The summed E-state index contributed by atoms with van der Waals surface area (Å²) >= 11 is 0. The molecule has 0 amide bonds. The Morgan fingerprint density at radius 3 is 2.16 bits per heavy atom. The van der Waals surface area contributed by atoms with E-state index in [0.717, 1.165) is 5.56 Å². The summed E-state index contributed by atoms with van der Waals surface area (Å²) in [6.07, 6.45) is 0.596. The third-order valence-corrected chi connectivity index (χ3v) is 3.60. The van der Waals surface area contributed by atoms with Gasteiger partial charge in [0.05, 0.1) is 0 Å². The first-order valence-corrected chi connectivity index (χ1v) is 6.57. The van der Waals surface area contributed by atoms with Gasteiger partial charge in [-0.15, -0.1) is 0 Å². The zero-order chi connectivity index (χ0) is 13.2. The van der Waals surface area contributed by atoms with Crippen molar-refractivity contribution in [3.05, 3.63) is 60.2 Å². The van der Waals surface area contributed by atoms with Gasteiger partial charge < -0.3 is 10.8 Å². The number of aliphatic hydroxyl groups excluding tert-OH is 1. The highest BCUT2D eigenvalue weighted by molar-refractivity contribution is 5.98. The molecule has 0 aliphatic carbocycles. The second-order valence-corrected chi connectivity index (χ2v) is 4.92. The lowest BCUT2D eigenvalue weighted by Gasteiger charge is -2.11. The van der Waals surface area contributed by atoms with E-state index in [1.54, 1.807) is 0 Å². The van der Waals surface area contributed by atoms with Crippen LogP contribution in [0.15, 0.2) is 54.6 Å². The Labute approximate surface area is 112 Å². The fraction of sp³-hybridized carbons (Fsp3) is 0.176. The Balaban J connectivity index is 2.14. The summed E-state index contributed by atoms with van der Waals surface area (Å²) in [5.41, 5.74) is 7.13. The first-order valence-electron chi connectivity index (χ1n) is 6.57. The molecule has 0 fully saturated rings. The molecule has 2 nitrogen and oxygen atoms in total. The Kier molecular flexibility index (Phi) is 3.20. The van der Waals surface area contributed by atoms with Crippen molar-refractivity contribution in [2.45, 2.75) is 12.5 Å². The molecule has 0 saturated carbocycles. The molecule has 0 aliphatic heterocycles. The van der Waals surface area contributed by atoms with Crippen molar-refractivity contribution in [1.82, 2.24) is 0 Å². The van der Waals surface area contributed by atoms with E-state index in [2.05, 4.69) is 54.6 Å². The van der Waals surface area contributed by atoms with Crippen LogP contribution in [0.1, 0.15) is 18.0 Å². The zero-order valence-electron chi connectivity index (χ0n) is 10.7. The van der Waals surface area contributed by atoms with E-state index in [4.69, 9.17) is 10.8 Å². The minimum atomic E-state index is -0.0964. The summed E-state index contributed by atoms with van der Waals surface area (Å²) in [6, 6.07) is 18.9. The largest absolute Gasteiger partial charge is 0.396 e. The molecule has 0 radical (unpaired) electrons. The van der Waals surface area contributed by atoms with Crippen molar-refractivity contribution in [3.63, 3.8) is 0 Å². The summed E-state index contributed by atoms with van der Waals surface area (Å²) in [4.78, 5) is 0. The van der Waals surface area contributed by atoms with Crippen LogP contribution in [0.3, 0.4) is 0 Å². The summed E-state index contributed by atoms with van der Waals surface area (Å²) in [5, 5.41) is 13.9. The monoisotopic (exact) mass is 251 g/mol. The minimum absolute atomic E-state index is 0.0964. The van der Waals surface area contributed by atoms with E-state index in [0.29, 0.717) is 6.42 Å². The number of hydrogen-bond acceptors (Lipinski definition) is 2. The molecular formula is C17H17NO. The number of rotatable bonds is 3. The van der Waals surface area contributed by atoms with E-state index in [-0.39, 0.29) is 12.6 Å². The van der Waals surface area contributed by atoms with Gasteiger partial charge in [0.1, 0.15) is 0 Å². The normalized spacial score (nSPS) is 12.9. The first kappa shape index (κ1) is 12.2. The molecule has 96 valence electrons. The predicted octanol–water partition coefficient (Wildman–Crippen LogP) is 3.38. The summed E-state index contributed by atoms with van der Waals surface area (Å²) in [6.45, 7) is 0.122. The Morgan fingerprint density at radius 1 is 0.842 bits per heavy atom. The molecule has 0 aromatic heterocycles. The number of fused-ring (bicyclic) bond motifs is 2. The summed E-state index contributed by atoms with van der Waals surface area (Å²) in [5.74, 6) is 0. The third kappa shape index (κ3) is 2.33. The second kappa shape index (κ2) is 5.00. The number of hydrogen-bond donors (Lipinski definition) is 2. The highest BCUT2D eigenvalue weighted by Gasteiger charge is 2.06. The number of nitrogens with two attached hydrogens (primary N) is 1. The molecule has 1 unspecified atom stereocenters. The van der Waals surface area contributed by atoms with Gasteiger partial charge in [-0.3, -0.25) is 0 Å². The maximum atomic E-state index is 8.97.